The summed E-state index contributed by atoms with van der Waals surface area (Å²) in [5.74, 6) is 0. The number of rotatable bonds is 8. The number of benzene rings is 2. The zero-order valence-corrected chi connectivity index (χ0v) is 22.5. The van der Waals surface area contributed by atoms with Crippen LogP contribution in [0.15, 0.2) is 59.6 Å². The van der Waals surface area contributed by atoms with Crippen LogP contribution < -0.4 is 10.2 Å². The van der Waals surface area contributed by atoms with Crippen LogP contribution in [0.4, 0.5) is 23.7 Å². The second kappa shape index (κ2) is 10.8. The molecule has 7 nitrogen and oxygen atoms in total. The van der Waals surface area contributed by atoms with Crippen molar-refractivity contribution >= 4 is 47.8 Å². The lowest BCUT2D eigenvalue weighted by molar-refractivity contribution is -0.167. The van der Waals surface area contributed by atoms with Gasteiger partial charge in [0, 0.05) is 5.02 Å². The van der Waals surface area contributed by atoms with Gasteiger partial charge in [0.2, 0.25) is 4.87 Å². The van der Waals surface area contributed by atoms with Crippen molar-refractivity contribution in [2.45, 2.75) is 44.0 Å². The Balaban J connectivity index is 2.25. The number of amides is 2. The molecule has 1 unspecified atom stereocenters. The number of hydrogen-bond acceptors (Lipinski definition) is 6. The smallest absolute Gasteiger partial charge is 0.311 e. The molecule has 1 saturated heterocycles. The van der Waals surface area contributed by atoms with Crippen molar-refractivity contribution in [1.82, 2.24) is 5.32 Å². The number of para-hydroxylation sites is 1. The molecule has 2 aromatic rings. The number of hydrogen-bond donors (Lipinski definition) is 1. The molecular weight excluding hydrogens is 538 g/mol. The first kappa shape index (κ1) is 28.5. The highest BCUT2D eigenvalue weighted by molar-refractivity contribution is 8.15. The van der Waals surface area contributed by atoms with Gasteiger partial charge in [0.1, 0.15) is 0 Å². The van der Waals surface area contributed by atoms with Crippen LogP contribution >= 0.6 is 31.0 Å². The molecule has 1 N–H and O–H groups in total. The lowest BCUT2D eigenvalue weighted by atomic mass is 10.1. The van der Waals surface area contributed by atoms with E-state index in [0.717, 1.165) is 4.90 Å². The van der Waals surface area contributed by atoms with E-state index in [-0.39, 0.29) is 46.4 Å². The van der Waals surface area contributed by atoms with Crippen LogP contribution in [0, 0.1) is 0 Å². The minimum atomic E-state index is -4.95. The van der Waals surface area contributed by atoms with E-state index in [1.165, 1.54) is 38.1 Å². The average Bonchev–Trinajstić information content (AvgIpc) is 2.79. The number of carbonyl (C=O) groups is 1. The van der Waals surface area contributed by atoms with E-state index in [0.29, 0.717) is 0 Å². The highest BCUT2D eigenvalue weighted by Crippen LogP contribution is 2.61. The van der Waals surface area contributed by atoms with Crippen molar-refractivity contribution in [2.24, 2.45) is 4.99 Å². The van der Waals surface area contributed by atoms with Crippen LogP contribution in [0.1, 0.15) is 33.3 Å². The third kappa shape index (κ3) is 5.45. The standard InChI is InChI=1S/C23H26ClF3N3O4PS/c1-5-33-35(32,34-6-2)21(3,4)29-20-30(18-10-8-7-9-11-18)19(31)28-22(36-20,23(25,26)27)16-12-14-17(24)15-13-16/h7-15H,5-6H2,1-4H3,(H,28,31)/b29-20+. The number of anilines is 1. The maximum Gasteiger partial charge on any atom is 0.425 e. The lowest BCUT2D eigenvalue weighted by Gasteiger charge is -2.44. The van der Waals surface area contributed by atoms with Gasteiger partial charge in [-0.2, -0.15) is 13.2 Å². The van der Waals surface area contributed by atoms with Gasteiger partial charge >= 0.3 is 19.8 Å². The summed E-state index contributed by atoms with van der Waals surface area (Å²) < 4.78 is 68.6. The summed E-state index contributed by atoms with van der Waals surface area (Å²) in [6.07, 6.45) is -4.95. The minimum absolute atomic E-state index is 0.0266. The van der Waals surface area contributed by atoms with Crippen molar-refractivity contribution in [3.63, 3.8) is 0 Å². The molecule has 1 aliphatic rings. The Morgan fingerprint density at radius 3 is 2.11 bits per heavy atom. The Labute approximate surface area is 216 Å². The lowest BCUT2D eigenvalue weighted by Crippen LogP contribution is -2.63. The first-order chi connectivity index (χ1) is 16.8. The van der Waals surface area contributed by atoms with Crippen LogP contribution in [0.5, 0.6) is 0 Å². The second-order valence-corrected chi connectivity index (χ2v) is 12.3. The molecule has 2 amide bonds. The predicted molar refractivity (Wildman–Crippen MR) is 137 cm³/mol. The van der Waals surface area contributed by atoms with E-state index in [1.807, 2.05) is 0 Å². The monoisotopic (exact) mass is 563 g/mol. The maximum absolute atomic E-state index is 14.7. The number of urea groups is 1. The third-order valence-electron chi connectivity index (χ3n) is 5.22. The van der Waals surface area contributed by atoms with Gasteiger partial charge in [0.05, 0.1) is 18.9 Å². The molecule has 1 heterocycles. The first-order valence-corrected chi connectivity index (χ1v) is 13.7. The Morgan fingerprint density at radius 1 is 1.06 bits per heavy atom. The van der Waals surface area contributed by atoms with E-state index in [9.17, 15) is 22.5 Å². The third-order valence-corrected chi connectivity index (χ3v) is 9.44. The summed E-state index contributed by atoms with van der Waals surface area (Å²) in [5, 5.41) is 0.396. The minimum Gasteiger partial charge on any atom is -0.311 e. The molecule has 0 bridgehead atoms. The number of carbonyl (C=O) groups excluding carboxylic acids is 1. The normalized spacial score (nSPS) is 20.5. The fraction of sp³-hybridized carbons (Fsp3) is 0.391. The second-order valence-electron chi connectivity index (χ2n) is 8.11. The largest absolute Gasteiger partial charge is 0.425 e. The topological polar surface area (TPSA) is 80.2 Å². The molecule has 2 aromatic carbocycles. The molecule has 0 saturated carbocycles. The van der Waals surface area contributed by atoms with Crippen molar-refractivity contribution in [1.29, 1.82) is 0 Å². The van der Waals surface area contributed by atoms with E-state index in [4.69, 9.17) is 20.6 Å². The number of halogens is 4. The molecule has 36 heavy (non-hydrogen) atoms. The molecule has 0 spiro atoms. The summed E-state index contributed by atoms with van der Waals surface area (Å²) in [6, 6.07) is 12.0. The van der Waals surface area contributed by atoms with Gasteiger partial charge in [-0.15, -0.1) is 0 Å². The van der Waals surface area contributed by atoms with Crippen molar-refractivity contribution in [2.75, 3.05) is 18.1 Å². The van der Waals surface area contributed by atoms with E-state index < -0.39 is 30.0 Å². The van der Waals surface area contributed by atoms with Crippen LogP contribution in [-0.4, -0.2) is 35.9 Å². The number of thioether (sulfide) groups is 1. The Bertz CT molecular complexity index is 1160. The SMILES string of the molecule is CCOP(=O)(OCC)C(C)(C)/N=C1/SC(c2ccc(Cl)cc2)(C(F)(F)F)NC(=O)N1c1ccccc1. The van der Waals surface area contributed by atoms with Gasteiger partial charge in [0.15, 0.2) is 10.4 Å². The molecular formula is C23H26ClF3N3O4PS. The number of nitrogens with zero attached hydrogens (tertiary/aromatic N) is 2. The molecule has 3 rings (SSSR count). The predicted octanol–water partition coefficient (Wildman–Crippen LogP) is 7.38. The van der Waals surface area contributed by atoms with Crippen molar-refractivity contribution in [3.8, 4) is 0 Å². The molecule has 1 atom stereocenters. The molecule has 13 heteroatoms. The molecule has 1 aliphatic heterocycles. The van der Waals surface area contributed by atoms with Gasteiger partial charge in [-0.05, 0) is 69.3 Å². The zero-order valence-electron chi connectivity index (χ0n) is 20.0. The highest BCUT2D eigenvalue weighted by Gasteiger charge is 2.62. The summed E-state index contributed by atoms with van der Waals surface area (Å²) >= 11 is 6.18. The number of amidine groups is 1. The molecule has 0 aromatic heterocycles. The number of nitrogens with one attached hydrogen (secondary N) is 1. The van der Waals surface area contributed by atoms with Crippen LogP contribution in [-0.2, 0) is 18.5 Å². The van der Waals surface area contributed by atoms with Gasteiger partial charge < -0.3 is 14.4 Å². The zero-order chi connectivity index (χ0) is 26.8. The van der Waals surface area contributed by atoms with Crippen LogP contribution in [0.3, 0.4) is 0 Å². The van der Waals surface area contributed by atoms with E-state index in [1.54, 1.807) is 44.2 Å². The van der Waals surface area contributed by atoms with Crippen molar-refractivity contribution in [3.05, 3.63) is 65.2 Å². The number of aliphatic imine (C=N–C) groups is 1. The van der Waals surface area contributed by atoms with Crippen LogP contribution in [0.2, 0.25) is 5.02 Å². The fourth-order valence-corrected chi connectivity index (χ4v) is 6.61. The summed E-state index contributed by atoms with van der Waals surface area (Å²) in [5.41, 5.74) is 0.0142. The Morgan fingerprint density at radius 2 is 1.61 bits per heavy atom. The molecule has 0 aliphatic carbocycles. The van der Waals surface area contributed by atoms with E-state index >= 15 is 0 Å². The average molecular weight is 564 g/mol. The summed E-state index contributed by atoms with van der Waals surface area (Å²) in [6.45, 7) is 6.14. The molecule has 1 fully saturated rings. The number of alkyl halides is 3. The van der Waals surface area contributed by atoms with Crippen molar-refractivity contribution < 1.29 is 31.6 Å². The van der Waals surface area contributed by atoms with Gasteiger partial charge in [-0.25, -0.2) is 14.7 Å². The highest BCUT2D eigenvalue weighted by atomic mass is 35.5. The van der Waals surface area contributed by atoms with E-state index in [2.05, 4.69) is 10.3 Å². The molecule has 0 radical (unpaired) electrons. The molecule has 196 valence electrons. The van der Waals surface area contributed by atoms with Gasteiger partial charge in [0.25, 0.3) is 0 Å². The quantitative estimate of drug-likeness (QED) is 0.339. The first-order valence-electron chi connectivity index (χ1n) is 11.0. The summed E-state index contributed by atoms with van der Waals surface area (Å²) in [7, 11) is -3.95. The van der Waals surface area contributed by atoms with Gasteiger partial charge in [-0.3, -0.25) is 4.57 Å². The van der Waals surface area contributed by atoms with Crippen LogP contribution in [0.25, 0.3) is 0 Å². The van der Waals surface area contributed by atoms with Gasteiger partial charge in [-0.1, -0.05) is 41.9 Å². The summed E-state index contributed by atoms with van der Waals surface area (Å²) in [4.78, 5) is 15.9. The maximum atomic E-state index is 14.7. The Hall–Kier alpha value is -2.04. The Kier molecular flexibility index (Phi) is 8.52. The fourth-order valence-electron chi connectivity index (χ4n) is 3.48.